The first-order valence-electron chi connectivity index (χ1n) is 5.36. The van der Waals surface area contributed by atoms with Crippen LogP contribution in [0.4, 0.5) is 0 Å². The van der Waals surface area contributed by atoms with E-state index in [9.17, 15) is 0 Å². The fourth-order valence-electron chi connectivity index (χ4n) is 1.51. The highest BCUT2D eigenvalue weighted by molar-refractivity contribution is 14.1. The van der Waals surface area contributed by atoms with E-state index >= 15 is 0 Å². The Balaban J connectivity index is 2.26. The zero-order valence-electron chi connectivity index (χ0n) is 9.96. The average Bonchev–Trinajstić information content (AvgIpc) is 2.83. The predicted molar refractivity (Wildman–Crippen MR) is 87.8 cm³/mol. The first-order valence-corrected chi connectivity index (χ1v) is 8.57. The summed E-state index contributed by atoms with van der Waals surface area (Å²) < 4.78 is 1.29. The maximum absolute atomic E-state index is 6.52. The molecule has 1 atom stereocenters. The zero-order chi connectivity index (χ0) is 12.6. The Morgan fingerprint density at radius 1 is 1.29 bits per heavy atom. The van der Waals surface area contributed by atoms with E-state index in [0.29, 0.717) is 0 Å². The Labute approximate surface area is 129 Å². The Kier molecular flexibility index (Phi) is 4.23. The van der Waals surface area contributed by atoms with Crippen molar-refractivity contribution in [3.8, 4) is 0 Å². The smallest absolute Gasteiger partial charge is 0.0936 e. The van der Waals surface area contributed by atoms with Crippen molar-refractivity contribution in [2.24, 2.45) is 0 Å². The van der Waals surface area contributed by atoms with Crippen LogP contribution in [0, 0.1) is 2.88 Å². The van der Waals surface area contributed by atoms with Gasteiger partial charge in [0.15, 0.2) is 0 Å². The van der Waals surface area contributed by atoms with Gasteiger partial charge in [-0.05, 0) is 57.1 Å². The van der Waals surface area contributed by atoms with Crippen LogP contribution in [0.3, 0.4) is 0 Å². The average molecular weight is 397 g/mol. The standard InChI is InChI=1S/C13H14ClIS2/c1-13(2,3)10-5-4-9(17-10)12(14)8-6-11(15)16-7-8/h4-7,12H,1-3H3. The van der Waals surface area contributed by atoms with E-state index in [1.807, 2.05) is 11.3 Å². The molecule has 0 N–H and O–H groups in total. The van der Waals surface area contributed by atoms with Gasteiger partial charge >= 0.3 is 0 Å². The van der Waals surface area contributed by atoms with Gasteiger partial charge in [-0.2, -0.15) is 0 Å². The largest absolute Gasteiger partial charge is 0.143 e. The lowest BCUT2D eigenvalue weighted by Crippen LogP contribution is -2.07. The second-order valence-corrected chi connectivity index (χ2v) is 9.36. The summed E-state index contributed by atoms with van der Waals surface area (Å²) >= 11 is 12.4. The summed E-state index contributed by atoms with van der Waals surface area (Å²) in [5.41, 5.74) is 1.42. The molecule has 4 heteroatoms. The minimum Gasteiger partial charge on any atom is -0.143 e. The molecule has 0 fully saturated rings. The van der Waals surface area contributed by atoms with Gasteiger partial charge in [-0.3, -0.25) is 0 Å². The SMILES string of the molecule is CC(C)(C)c1ccc(C(Cl)c2csc(I)c2)s1. The molecule has 2 heterocycles. The van der Waals surface area contributed by atoms with Gasteiger partial charge in [-0.25, -0.2) is 0 Å². The summed E-state index contributed by atoms with van der Waals surface area (Å²) in [7, 11) is 0. The molecule has 0 saturated heterocycles. The molecule has 2 rings (SSSR count). The number of hydrogen-bond donors (Lipinski definition) is 0. The van der Waals surface area contributed by atoms with Crippen LogP contribution in [-0.4, -0.2) is 0 Å². The van der Waals surface area contributed by atoms with Crippen molar-refractivity contribution < 1.29 is 0 Å². The molecule has 0 amide bonds. The molecule has 17 heavy (non-hydrogen) atoms. The van der Waals surface area contributed by atoms with Crippen LogP contribution < -0.4 is 0 Å². The Morgan fingerprint density at radius 3 is 2.47 bits per heavy atom. The Morgan fingerprint density at radius 2 is 2.00 bits per heavy atom. The molecule has 0 bridgehead atoms. The minimum atomic E-state index is -0.00383. The topological polar surface area (TPSA) is 0 Å². The summed E-state index contributed by atoms with van der Waals surface area (Å²) in [5.74, 6) is 0. The summed E-state index contributed by atoms with van der Waals surface area (Å²) in [6.07, 6.45) is 0. The molecule has 1 unspecified atom stereocenters. The number of rotatable bonds is 2. The Bertz CT molecular complexity index is 507. The van der Waals surface area contributed by atoms with Crippen LogP contribution in [0.15, 0.2) is 23.6 Å². The molecular weight excluding hydrogens is 383 g/mol. The zero-order valence-corrected chi connectivity index (χ0v) is 14.5. The molecule has 92 valence electrons. The van der Waals surface area contributed by atoms with E-state index < -0.39 is 0 Å². The molecule has 0 aliphatic rings. The van der Waals surface area contributed by atoms with E-state index in [4.69, 9.17) is 11.6 Å². The summed E-state index contributed by atoms with van der Waals surface area (Å²) in [6, 6.07) is 6.53. The number of thiophene rings is 2. The summed E-state index contributed by atoms with van der Waals surface area (Å²) in [6.45, 7) is 6.71. The fraction of sp³-hybridized carbons (Fsp3) is 0.385. The molecule has 0 radical (unpaired) electrons. The van der Waals surface area contributed by atoms with Gasteiger partial charge in [-0.1, -0.05) is 20.8 Å². The molecule has 0 aliphatic heterocycles. The van der Waals surface area contributed by atoms with Crippen molar-refractivity contribution in [1.29, 1.82) is 0 Å². The van der Waals surface area contributed by atoms with Gasteiger partial charge in [0.05, 0.1) is 8.26 Å². The highest BCUT2D eigenvalue weighted by atomic mass is 127. The normalized spacial score (nSPS) is 13.9. The van der Waals surface area contributed by atoms with E-state index in [1.54, 1.807) is 11.3 Å². The second kappa shape index (κ2) is 5.19. The molecule has 2 aromatic heterocycles. The van der Waals surface area contributed by atoms with Crippen LogP contribution in [0.1, 0.15) is 41.5 Å². The van der Waals surface area contributed by atoms with Crippen LogP contribution in [-0.2, 0) is 5.41 Å². The van der Waals surface area contributed by atoms with E-state index in [1.165, 1.54) is 18.2 Å². The van der Waals surface area contributed by atoms with E-state index in [0.717, 1.165) is 0 Å². The van der Waals surface area contributed by atoms with Crippen molar-refractivity contribution in [2.45, 2.75) is 31.6 Å². The lowest BCUT2D eigenvalue weighted by atomic mass is 9.95. The van der Waals surface area contributed by atoms with Crippen molar-refractivity contribution >= 4 is 56.9 Å². The molecule has 0 saturated carbocycles. The van der Waals surface area contributed by atoms with Crippen LogP contribution in [0.5, 0.6) is 0 Å². The molecule has 0 aliphatic carbocycles. The van der Waals surface area contributed by atoms with Gasteiger partial charge in [-0.15, -0.1) is 34.3 Å². The number of halogens is 2. The third-order valence-electron chi connectivity index (χ3n) is 2.50. The molecule has 2 aromatic rings. The quantitative estimate of drug-likeness (QED) is 0.429. The third-order valence-corrected chi connectivity index (χ3v) is 6.50. The first kappa shape index (κ1) is 13.8. The van der Waals surface area contributed by atoms with E-state index in [2.05, 4.69) is 66.9 Å². The number of alkyl halides is 1. The minimum absolute atomic E-state index is 0.00383. The van der Waals surface area contributed by atoms with Gasteiger partial charge in [0.25, 0.3) is 0 Å². The van der Waals surface area contributed by atoms with Crippen molar-refractivity contribution in [2.75, 3.05) is 0 Å². The van der Waals surface area contributed by atoms with Crippen molar-refractivity contribution in [3.05, 3.63) is 41.8 Å². The third kappa shape index (κ3) is 3.25. The maximum Gasteiger partial charge on any atom is 0.0936 e. The van der Waals surface area contributed by atoms with E-state index in [-0.39, 0.29) is 10.8 Å². The maximum atomic E-state index is 6.52. The van der Waals surface area contributed by atoms with Crippen LogP contribution >= 0.6 is 56.9 Å². The highest BCUT2D eigenvalue weighted by Gasteiger charge is 2.20. The summed E-state index contributed by atoms with van der Waals surface area (Å²) in [4.78, 5) is 2.63. The van der Waals surface area contributed by atoms with Crippen LogP contribution in [0.2, 0.25) is 0 Å². The number of hydrogen-bond acceptors (Lipinski definition) is 2. The lowest BCUT2D eigenvalue weighted by molar-refractivity contribution is 0.604. The van der Waals surface area contributed by atoms with Gasteiger partial charge in [0.2, 0.25) is 0 Å². The highest BCUT2D eigenvalue weighted by Crippen LogP contribution is 2.39. The summed E-state index contributed by atoms with van der Waals surface area (Å²) in [5, 5.41) is 2.14. The van der Waals surface area contributed by atoms with Crippen LogP contribution in [0.25, 0.3) is 0 Å². The van der Waals surface area contributed by atoms with Crippen molar-refractivity contribution in [3.63, 3.8) is 0 Å². The van der Waals surface area contributed by atoms with Gasteiger partial charge in [0, 0.05) is 9.75 Å². The first-order chi connectivity index (χ1) is 7.88. The molecule has 0 nitrogen and oxygen atoms in total. The molecule has 0 aromatic carbocycles. The fourth-order valence-corrected chi connectivity index (χ4v) is 4.39. The monoisotopic (exact) mass is 396 g/mol. The lowest BCUT2D eigenvalue weighted by Gasteiger charge is -2.15. The second-order valence-electron chi connectivity index (χ2n) is 5.00. The van der Waals surface area contributed by atoms with Gasteiger partial charge in [0.1, 0.15) is 0 Å². The predicted octanol–water partition coefficient (Wildman–Crippen LogP) is 6.04. The molecular formula is C13H14ClIS2. The Hall–Kier alpha value is 0.420. The van der Waals surface area contributed by atoms with Crippen molar-refractivity contribution in [1.82, 2.24) is 0 Å². The van der Waals surface area contributed by atoms with Gasteiger partial charge < -0.3 is 0 Å². The molecule has 0 spiro atoms.